The summed E-state index contributed by atoms with van der Waals surface area (Å²) in [4.78, 5) is 38.2. The third kappa shape index (κ3) is 58.8. The first-order valence-electron chi connectivity index (χ1n) is 30.4. The predicted molar refractivity (Wildman–Crippen MR) is 316 cm³/mol. The van der Waals surface area contributed by atoms with E-state index in [1.54, 1.807) is 0 Å². The quantitative estimate of drug-likeness (QED) is 0.0261. The second kappa shape index (κ2) is 60.6. The standard InChI is InChI=1S/C67H112O6/c1-4-7-10-13-16-19-22-25-27-28-29-30-31-32-33-34-35-36-37-38-40-42-45-48-51-54-57-60-66(69)72-63-64(62-71-65(68)59-56-53-50-47-44-41-24-21-18-15-12-9-6-3)73-67(70)61-58-55-52-49-46-43-39-26-23-20-17-14-11-8-5-2/h7,10,12,15-17,19-21,24-27,29-30,32-33,39,64H,4-6,8-9,11,13-14,18,22-23,28,31,34-38,40-63H2,1-3H3/b10-7-,15-12-,19-16-,20-17-,24-21-,27-25-,30-29-,33-32-,39-26-. The molecule has 0 rings (SSSR count). The van der Waals surface area contributed by atoms with Crippen molar-refractivity contribution in [3.63, 3.8) is 0 Å². The molecule has 0 aromatic heterocycles. The summed E-state index contributed by atoms with van der Waals surface area (Å²) >= 11 is 0. The number of allylic oxidation sites excluding steroid dienone is 18. The highest BCUT2D eigenvalue weighted by Crippen LogP contribution is 2.15. The Morgan fingerprint density at radius 3 is 0.890 bits per heavy atom. The lowest BCUT2D eigenvalue weighted by Crippen LogP contribution is -2.30. The van der Waals surface area contributed by atoms with Crippen LogP contribution in [0.1, 0.15) is 278 Å². The average molecular weight is 1010 g/mol. The first kappa shape index (κ1) is 69.1. The average Bonchev–Trinajstić information content (AvgIpc) is 3.39. The van der Waals surface area contributed by atoms with Gasteiger partial charge >= 0.3 is 17.9 Å². The maximum absolute atomic E-state index is 12.9. The van der Waals surface area contributed by atoms with Crippen LogP contribution in [0.25, 0.3) is 0 Å². The highest BCUT2D eigenvalue weighted by Gasteiger charge is 2.19. The van der Waals surface area contributed by atoms with Crippen LogP contribution in [0.3, 0.4) is 0 Å². The maximum Gasteiger partial charge on any atom is 0.306 e. The van der Waals surface area contributed by atoms with E-state index in [4.69, 9.17) is 14.2 Å². The highest BCUT2D eigenvalue weighted by molar-refractivity contribution is 5.71. The van der Waals surface area contributed by atoms with E-state index in [9.17, 15) is 14.4 Å². The van der Waals surface area contributed by atoms with Crippen LogP contribution in [0.2, 0.25) is 0 Å². The van der Waals surface area contributed by atoms with Crippen molar-refractivity contribution in [2.75, 3.05) is 13.2 Å². The predicted octanol–water partition coefficient (Wildman–Crippen LogP) is 20.7. The van der Waals surface area contributed by atoms with Crippen molar-refractivity contribution in [3.05, 3.63) is 109 Å². The molecule has 0 aromatic rings. The lowest BCUT2D eigenvalue weighted by atomic mass is 10.0. The molecule has 0 aliphatic rings. The van der Waals surface area contributed by atoms with Crippen LogP contribution >= 0.6 is 0 Å². The summed E-state index contributed by atoms with van der Waals surface area (Å²) in [7, 11) is 0. The van der Waals surface area contributed by atoms with Gasteiger partial charge in [0.25, 0.3) is 0 Å². The van der Waals surface area contributed by atoms with Gasteiger partial charge in [-0.2, -0.15) is 0 Å². The van der Waals surface area contributed by atoms with Crippen molar-refractivity contribution in [1.29, 1.82) is 0 Å². The molecule has 73 heavy (non-hydrogen) atoms. The van der Waals surface area contributed by atoms with Gasteiger partial charge in [-0.05, 0) is 122 Å². The van der Waals surface area contributed by atoms with E-state index in [2.05, 4.69) is 130 Å². The molecule has 0 bridgehead atoms. The Balaban J connectivity index is 4.31. The van der Waals surface area contributed by atoms with E-state index in [1.165, 1.54) is 89.9 Å². The fraction of sp³-hybridized carbons (Fsp3) is 0.687. The van der Waals surface area contributed by atoms with Crippen LogP contribution < -0.4 is 0 Å². The molecule has 416 valence electrons. The van der Waals surface area contributed by atoms with E-state index in [0.29, 0.717) is 19.3 Å². The third-order valence-corrected chi connectivity index (χ3v) is 12.7. The van der Waals surface area contributed by atoms with E-state index in [1.807, 2.05) is 0 Å². The van der Waals surface area contributed by atoms with Gasteiger partial charge in [-0.1, -0.05) is 246 Å². The molecule has 0 spiro atoms. The normalized spacial score (nSPS) is 12.9. The molecule has 0 amide bonds. The van der Waals surface area contributed by atoms with Gasteiger partial charge < -0.3 is 14.2 Å². The molecule has 1 atom stereocenters. The van der Waals surface area contributed by atoms with Gasteiger partial charge in [0.15, 0.2) is 6.10 Å². The van der Waals surface area contributed by atoms with Crippen molar-refractivity contribution in [2.45, 2.75) is 284 Å². The molecule has 6 heteroatoms. The monoisotopic (exact) mass is 1010 g/mol. The second-order valence-electron chi connectivity index (χ2n) is 19.9. The molecule has 0 aliphatic heterocycles. The van der Waals surface area contributed by atoms with Gasteiger partial charge in [-0.3, -0.25) is 14.4 Å². The minimum atomic E-state index is -0.794. The van der Waals surface area contributed by atoms with Gasteiger partial charge in [0.1, 0.15) is 13.2 Å². The van der Waals surface area contributed by atoms with Crippen LogP contribution in [-0.4, -0.2) is 37.2 Å². The van der Waals surface area contributed by atoms with Crippen LogP contribution in [0.4, 0.5) is 0 Å². The summed E-state index contributed by atoms with van der Waals surface area (Å²) in [6, 6.07) is 0. The summed E-state index contributed by atoms with van der Waals surface area (Å²) < 4.78 is 16.9. The van der Waals surface area contributed by atoms with Gasteiger partial charge in [0, 0.05) is 19.3 Å². The lowest BCUT2D eigenvalue weighted by molar-refractivity contribution is -0.167. The number of rotatable bonds is 54. The molecule has 0 aromatic carbocycles. The Labute approximate surface area is 450 Å². The summed E-state index contributed by atoms with van der Waals surface area (Å²) in [5.41, 5.74) is 0. The molecular weight excluding hydrogens is 901 g/mol. The first-order valence-corrected chi connectivity index (χ1v) is 30.4. The van der Waals surface area contributed by atoms with Gasteiger partial charge in [-0.15, -0.1) is 0 Å². The second-order valence-corrected chi connectivity index (χ2v) is 19.9. The van der Waals surface area contributed by atoms with Crippen LogP contribution in [-0.2, 0) is 28.6 Å². The Kier molecular flexibility index (Phi) is 57.4. The van der Waals surface area contributed by atoms with E-state index in [0.717, 1.165) is 148 Å². The zero-order valence-electron chi connectivity index (χ0n) is 47.6. The van der Waals surface area contributed by atoms with E-state index in [-0.39, 0.29) is 31.1 Å². The largest absolute Gasteiger partial charge is 0.462 e. The number of esters is 3. The molecular formula is C67H112O6. The van der Waals surface area contributed by atoms with Crippen molar-refractivity contribution in [1.82, 2.24) is 0 Å². The molecule has 0 N–H and O–H groups in total. The van der Waals surface area contributed by atoms with Crippen molar-refractivity contribution < 1.29 is 28.6 Å². The smallest absolute Gasteiger partial charge is 0.306 e. The molecule has 0 saturated carbocycles. The zero-order valence-corrected chi connectivity index (χ0v) is 47.6. The molecule has 0 radical (unpaired) electrons. The Bertz CT molecular complexity index is 1490. The van der Waals surface area contributed by atoms with Crippen molar-refractivity contribution >= 4 is 17.9 Å². The Morgan fingerprint density at radius 2 is 0.562 bits per heavy atom. The zero-order chi connectivity index (χ0) is 52.9. The van der Waals surface area contributed by atoms with Crippen molar-refractivity contribution in [3.8, 4) is 0 Å². The number of carbonyl (C=O) groups excluding carboxylic acids is 3. The van der Waals surface area contributed by atoms with Gasteiger partial charge in [0.2, 0.25) is 0 Å². The summed E-state index contributed by atoms with van der Waals surface area (Å²) in [6.07, 6.45) is 82.3. The number of hydrogen-bond acceptors (Lipinski definition) is 6. The van der Waals surface area contributed by atoms with Gasteiger partial charge in [-0.25, -0.2) is 0 Å². The molecule has 1 unspecified atom stereocenters. The Hall–Kier alpha value is -3.93. The third-order valence-electron chi connectivity index (χ3n) is 12.7. The fourth-order valence-electron chi connectivity index (χ4n) is 8.18. The maximum atomic E-state index is 12.9. The molecule has 0 saturated heterocycles. The topological polar surface area (TPSA) is 78.9 Å². The summed E-state index contributed by atoms with van der Waals surface area (Å²) in [5, 5.41) is 0. The highest BCUT2D eigenvalue weighted by atomic mass is 16.6. The van der Waals surface area contributed by atoms with E-state index >= 15 is 0 Å². The minimum Gasteiger partial charge on any atom is -0.462 e. The van der Waals surface area contributed by atoms with Crippen molar-refractivity contribution in [2.24, 2.45) is 0 Å². The Morgan fingerprint density at radius 1 is 0.288 bits per heavy atom. The molecule has 6 nitrogen and oxygen atoms in total. The number of hydrogen-bond donors (Lipinski definition) is 0. The van der Waals surface area contributed by atoms with E-state index < -0.39 is 6.10 Å². The van der Waals surface area contributed by atoms with Crippen LogP contribution in [0, 0.1) is 0 Å². The summed E-state index contributed by atoms with van der Waals surface area (Å²) in [5.74, 6) is -0.919. The lowest BCUT2D eigenvalue weighted by Gasteiger charge is -2.18. The molecule has 0 fully saturated rings. The SMILES string of the molecule is CC/C=C\C/C=C\C/C=C\C/C=C\C/C=C\CCCCCCCCCCCCCC(=O)OCC(COC(=O)CCCCCCC/C=C\C/C=C\CCC)OC(=O)CCCCCCC/C=C\C/C=C\CCCCC. The molecule has 0 heterocycles. The summed E-state index contributed by atoms with van der Waals surface area (Å²) in [6.45, 7) is 6.42. The fourth-order valence-corrected chi connectivity index (χ4v) is 8.18. The number of unbranched alkanes of at least 4 members (excludes halogenated alkanes) is 25. The van der Waals surface area contributed by atoms with Crippen LogP contribution in [0.15, 0.2) is 109 Å². The number of carbonyl (C=O) groups is 3. The first-order chi connectivity index (χ1) is 36.0. The number of ether oxygens (including phenoxy) is 3. The minimum absolute atomic E-state index is 0.0904. The van der Waals surface area contributed by atoms with Crippen LogP contribution in [0.5, 0.6) is 0 Å². The molecule has 0 aliphatic carbocycles. The van der Waals surface area contributed by atoms with Gasteiger partial charge in [0.05, 0.1) is 0 Å².